The highest BCUT2D eigenvalue weighted by molar-refractivity contribution is 8.00. The second-order valence-corrected chi connectivity index (χ2v) is 9.46. The van der Waals surface area contributed by atoms with E-state index in [4.69, 9.17) is 0 Å². The van der Waals surface area contributed by atoms with Crippen molar-refractivity contribution in [1.82, 2.24) is 9.47 Å². The van der Waals surface area contributed by atoms with Crippen molar-refractivity contribution in [3.8, 4) is 0 Å². The van der Waals surface area contributed by atoms with Crippen molar-refractivity contribution in [2.75, 3.05) is 38.1 Å². The van der Waals surface area contributed by atoms with Crippen molar-refractivity contribution in [3.05, 3.63) is 69.1 Å². The monoisotopic (exact) mass is 493 g/mol. The molecule has 0 saturated carbocycles. The van der Waals surface area contributed by atoms with Gasteiger partial charge in [0.25, 0.3) is 0 Å². The van der Waals surface area contributed by atoms with Crippen LogP contribution in [0.4, 0.5) is 23.2 Å². The number of aromatic nitrogens is 1. The number of anilines is 1. The Hall–Kier alpha value is -3.05. The molecule has 6 nitrogen and oxygen atoms in total. The zero-order valence-corrected chi connectivity index (χ0v) is 18.7. The summed E-state index contributed by atoms with van der Waals surface area (Å²) in [5, 5.41) is 8.98. The molecule has 1 fully saturated rings. The van der Waals surface area contributed by atoms with E-state index in [-0.39, 0.29) is 16.1 Å². The molecule has 2 aliphatic rings. The van der Waals surface area contributed by atoms with Gasteiger partial charge >= 0.3 is 12.1 Å². The second-order valence-electron chi connectivity index (χ2n) is 8.39. The highest BCUT2D eigenvalue weighted by Gasteiger charge is 2.38. The van der Waals surface area contributed by atoms with Crippen LogP contribution in [0.15, 0.2) is 46.2 Å². The van der Waals surface area contributed by atoms with E-state index in [9.17, 15) is 27.9 Å². The van der Waals surface area contributed by atoms with Gasteiger partial charge in [0.05, 0.1) is 21.8 Å². The summed E-state index contributed by atoms with van der Waals surface area (Å²) in [5.74, 6) is -2.11. The van der Waals surface area contributed by atoms with Crippen molar-refractivity contribution in [2.45, 2.75) is 16.6 Å². The maximum Gasteiger partial charge on any atom is 0.416 e. The smallest absolute Gasteiger partial charge is 0.416 e. The number of carbonyl (C=O) groups is 1. The number of piperazine rings is 1. The number of thioether (sulfide) groups is 1. The van der Waals surface area contributed by atoms with E-state index in [0.29, 0.717) is 24.2 Å². The topological polar surface area (TPSA) is 65.8 Å². The molecule has 0 spiro atoms. The number of hydrogen-bond donors (Lipinski definition) is 1. The Bertz CT molecular complexity index is 1380. The van der Waals surface area contributed by atoms with Gasteiger partial charge in [-0.2, -0.15) is 13.2 Å². The Morgan fingerprint density at radius 3 is 2.47 bits per heavy atom. The number of carboxylic acids is 1. The number of hydrogen-bond acceptors (Lipinski definition) is 5. The molecule has 0 amide bonds. The molecule has 3 aromatic rings. The lowest BCUT2D eigenvalue weighted by Gasteiger charge is -2.37. The van der Waals surface area contributed by atoms with Crippen molar-refractivity contribution in [3.63, 3.8) is 0 Å². The minimum Gasteiger partial charge on any atom is -0.477 e. The van der Waals surface area contributed by atoms with Crippen molar-refractivity contribution >= 4 is 34.3 Å². The highest BCUT2D eigenvalue weighted by atomic mass is 32.2. The molecule has 3 heterocycles. The SMILES string of the molecule is CN1CCN(c2cc3c(cc2F)c(=O)c(C(=O)O)c2n3C(c3cccc(C(F)(F)F)c3)S2)CC1. The first-order valence-electron chi connectivity index (χ1n) is 10.5. The van der Waals surface area contributed by atoms with E-state index < -0.39 is 39.9 Å². The summed E-state index contributed by atoms with van der Waals surface area (Å²) in [6.07, 6.45) is -4.54. The summed E-state index contributed by atoms with van der Waals surface area (Å²) in [4.78, 5) is 28.7. The van der Waals surface area contributed by atoms with E-state index in [0.717, 1.165) is 43.1 Å². The van der Waals surface area contributed by atoms with Gasteiger partial charge in [-0.15, -0.1) is 0 Å². The number of alkyl halides is 3. The summed E-state index contributed by atoms with van der Waals surface area (Å²) in [5.41, 5.74) is -1.27. The first-order valence-corrected chi connectivity index (χ1v) is 11.4. The Balaban J connectivity index is 1.71. The van der Waals surface area contributed by atoms with Crippen LogP contribution in [-0.2, 0) is 6.18 Å². The van der Waals surface area contributed by atoms with Crippen LogP contribution in [0, 0.1) is 5.82 Å². The molecule has 5 rings (SSSR count). The molecular formula is C23H19F4N3O3S. The first-order chi connectivity index (χ1) is 16.1. The fraction of sp³-hybridized carbons (Fsp3) is 0.304. The van der Waals surface area contributed by atoms with Gasteiger partial charge in [-0.1, -0.05) is 23.9 Å². The third-order valence-electron chi connectivity index (χ3n) is 6.24. The van der Waals surface area contributed by atoms with Crippen LogP contribution in [0.25, 0.3) is 10.9 Å². The van der Waals surface area contributed by atoms with Crippen LogP contribution in [0.5, 0.6) is 0 Å². The van der Waals surface area contributed by atoms with Crippen molar-refractivity contribution in [1.29, 1.82) is 0 Å². The average Bonchev–Trinajstić information content (AvgIpc) is 2.76. The van der Waals surface area contributed by atoms with Crippen LogP contribution in [0.1, 0.15) is 26.9 Å². The number of fused-ring (bicyclic) bond motifs is 3. The van der Waals surface area contributed by atoms with E-state index in [1.165, 1.54) is 22.8 Å². The molecular weight excluding hydrogens is 474 g/mol. The molecule has 1 unspecified atom stereocenters. The number of pyridine rings is 1. The standard InChI is InChI=1S/C23H19F4N3O3S/c1-28-5-7-29(8-6-28)17-11-16-14(10-15(17)24)19(31)18(22(32)33)21-30(16)20(34-21)12-3-2-4-13(9-12)23(25,26)27/h2-4,9-11,20H,5-8H2,1H3,(H,32,33). The van der Waals surface area contributed by atoms with Gasteiger partial charge in [0.1, 0.15) is 16.8 Å². The van der Waals surface area contributed by atoms with Gasteiger partial charge in [0.2, 0.25) is 5.43 Å². The number of halogens is 4. The van der Waals surface area contributed by atoms with Crippen LogP contribution >= 0.6 is 11.8 Å². The summed E-state index contributed by atoms with van der Waals surface area (Å²) in [6, 6.07) is 7.32. The number of nitrogens with zero attached hydrogens (tertiary/aromatic N) is 3. The molecule has 11 heteroatoms. The maximum atomic E-state index is 15.1. The minimum atomic E-state index is -4.54. The number of carboxylic acid groups (broad SMARTS) is 1. The first kappa shape index (κ1) is 22.7. The summed E-state index contributed by atoms with van der Waals surface area (Å²) in [6.45, 7) is 2.57. The third-order valence-corrected chi connectivity index (χ3v) is 7.57. The highest BCUT2D eigenvalue weighted by Crippen LogP contribution is 2.51. The number of benzene rings is 2. The van der Waals surface area contributed by atoms with Crippen LogP contribution in [0.2, 0.25) is 0 Å². The quantitative estimate of drug-likeness (QED) is 0.550. The van der Waals surface area contributed by atoms with Gasteiger partial charge in [0.15, 0.2) is 0 Å². The molecule has 1 aromatic heterocycles. The summed E-state index contributed by atoms with van der Waals surface area (Å²) in [7, 11) is 1.96. The number of rotatable bonds is 3. The Labute approximate surface area is 195 Å². The molecule has 2 aliphatic heterocycles. The zero-order valence-electron chi connectivity index (χ0n) is 17.9. The fourth-order valence-electron chi connectivity index (χ4n) is 4.42. The normalized spacial score (nSPS) is 18.6. The Morgan fingerprint density at radius 2 is 1.82 bits per heavy atom. The lowest BCUT2D eigenvalue weighted by molar-refractivity contribution is -0.137. The van der Waals surface area contributed by atoms with E-state index in [2.05, 4.69) is 4.90 Å². The molecule has 0 aliphatic carbocycles. The molecule has 0 radical (unpaired) electrons. The second kappa shape index (κ2) is 8.02. The molecule has 0 bridgehead atoms. The van der Waals surface area contributed by atoms with E-state index in [1.54, 1.807) is 0 Å². The predicted molar refractivity (Wildman–Crippen MR) is 120 cm³/mol. The lowest BCUT2D eigenvalue weighted by atomic mass is 10.1. The average molecular weight is 493 g/mol. The van der Waals surface area contributed by atoms with Gasteiger partial charge in [-0.3, -0.25) is 4.79 Å². The Morgan fingerprint density at radius 1 is 1.12 bits per heavy atom. The molecule has 1 N–H and O–H groups in total. The zero-order chi connectivity index (χ0) is 24.4. The van der Waals surface area contributed by atoms with Crippen molar-refractivity contribution in [2.24, 2.45) is 0 Å². The maximum absolute atomic E-state index is 15.1. The van der Waals surface area contributed by atoms with Gasteiger partial charge in [-0.25, -0.2) is 9.18 Å². The fourth-order valence-corrected chi connectivity index (χ4v) is 5.69. The molecule has 178 valence electrons. The number of aromatic carboxylic acids is 1. The lowest BCUT2D eigenvalue weighted by Crippen LogP contribution is -2.44. The van der Waals surface area contributed by atoms with Crippen LogP contribution in [-0.4, -0.2) is 53.8 Å². The molecule has 1 saturated heterocycles. The van der Waals surface area contributed by atoms with Gasteiger partial charge in [0, 0.05) is 31.6 Å². The molecule has 34 heavy (non-hydrogen) atoms. The van der Waals surface area contributed by atoms with Crippen LogP contribution in [0.3, 0.4) is 0 Å². The van der Waals surface area contributed by atoms with Crippen molar-refractivity contribution < 1.29 is 27.5 Å². The van der Waals surface area contributed by atoms with Crippen LogP contribution < -0.4 is 10.3 Å². The summed E-state index contributed by atoms with van der Waals surface area (Å²) >= 11 is 1.00. The van der Waals surface area contributed by atoms with Gasteiger partial charge < -0.3 is 19.5 Å². The molecule has 1 atom stereocenters. The van der Waals surface area contributed by atoms with E-state index in [1.807, 2.05) is 11.9 Å². The molecule has 2 aromatic carbocycles. The predicted octanol–water partition coefficient (Wildman–Crippen LogP) is 4.26. The van der Waals surface area contributed by atoms with E-state index >= 15 is 4.39 Å². The van der Waals surface area contributed by atoms with Gasteiger partial charge in [-0.05, 0) is 36.9 Å². The third kappa shape index (κ3) is 3.63. The summed E-state index contributed by atoms with van der Waals surface area (Å²) < 4.78 is 56.4. The Kier molecular flexibility index (Phi) is 5.36. The largest absolute Gasteiger partial charge is 0.477 e. The minimum absolute atomic E-state index is 0.117. The number of likely N-dealkylation sites (N-methyl/N-ethyl adjacent to an activating group) is 1.